The number of nitrogens with zero attached hydrogens (tertiary/aromatic N) is 5. The molecule has 0 fully saturated rings. The highest BCUT2D eigenvalue weighted by molar-refractivity contribution is 7.99. The number of nitrogens with one attached hydrogen (secondary N) is 1. The van der Waals surface area contributed by atoms with Gasteiger partial charge in [0.15, 0.2) is 11.0 Å². The van der Waals surface area contributed by atoms with Crippen molar-refractivity contribution in [3.63, 3.8) is 0 Å². The smallest absolute Gasteiger partial charge is 0.236 e. The third-order valence-corrected chi connectivity index (χ3v) is 5.05. The van der Waals surface area contributed by atoms with Gasteiger partial charge in [0, 0.05) is 24.2 Å². The molecule has 4 aromatic rings. The SMILES string of the molecule is O=C(CSc1nnc(-c2cccnc2)n1Cc1ccco1)Nc1ccc(Cl)cn1. The molecule has 1 amide bonds. The van der Waals surface area contributed by atoms with Crippen molar-refractivity contribution in [2.24, 2.45) is 0 Å². The average molecular weight is 427 g/mol. The first-order valence-electron chi connectivity index (χ1n) is 8.59. The van der Waals surface area contributed by atoms with Gasteiger partial charge >= 0.3 is 0 Å². The van der Waals surface area contributed by atoms with E-state index in [1.807, 2.05) is 28.8 Å². The van der Waals surface area contributed by atoms with E-state index in [1.165, 1.54) is 18.0 Å². The van der Waals surface area contributed by atoms with Crippen LogP contribution in [-0.4, -0.2) is 36.4 Å². The number of rotatable bonds is 7. The topological polar surface area (TPSA) is 98.7 Å². The summed E-state index contributed by atoms with van der Waals surface area (Å²) < 4.78 is 7.36. The number of hydrogen-bond donors (Lipinski definition) is 1. The predicted molar refractivity (Wildman–Crippen MR) is 110 cm³/mol. The predicted octanol–water partition coefficient (Wildman–Crippen LogP) is 3.76. The second-order valence-electron chi connectivity index (χ2n) is 5.91. The number of pyridine rings is 2. The summed E-state index contributed by atoms with van der Waals surface area (Å²) in [6.45, 7) is 0.437. The van der Waals surface area contributed by atoms with E-state index in [9.17, 15) is 4.79 Å². The molecule has 0 bridgehead atoms. The fraction of sp³-hybridized carbons (Fsp3) is 0.105. The second-order valence-corrected chi connectivity index (χ2v) is 7.29. The molecule has 146 valence electrons. The standard InChI is InChI=1S/C19H15ClN6O2S/c20-14-5-6-16(22-10-14)23-17(27)12-29-19-25-24-18(13-3-1-7-21-9-13)26(19)11-15-4-2-8-28-15/h1-10H,11-12H2,(H,22,23,27). The van der Waals surface area contributed by atoms with Crippen LogP contribution in [0.3, 0.4) is 0 Å². The minimum atomic E-state index is -0.208. The van der Waals surface area contributed by atoms with Gasteiger partial charge in [0.05, 0.1) is 23.6 Å². The van der Waals surface area contributed by atoms with Crippen LogP contribution in [0.4, 0.5) is 5.82 Å². The first kappa shape index (κ1) is 19.2. The largest absolute Gasteiger partial charge is 0.467 e. The van der Waals surface area contributed by atoms with Crippen LogP contribution in [-0.2, 0) is 11.3 Å². The zero-order valence-corrected chi connectivity index (χ0v) is 16.6. The van der Waals surface area contributed by atoms with Crippen LogP contribution in [0, 0.1) is 0 Å². The Morgan fingerprint density at radius 1 is 1.17 bits per heavy atom. The maximum atomic E-state index is 12.3. The Labute approximate surface area is 175 Å². The number of carbonyl (C=O) groups excluding carboxylic acids is 1. The highest BCUT2D eigenvalue weighted by Gasteiger charge is 2.17. The number of hydrogen-bond acceptors (Lipinski definition) is 7. The zero-order valence-electron chi connectivity index (χ0n) is 15.0. The second kappa shape index (κ2) is 8.89. The highest BCUT2D eigenvalue weighted by Crippen LogP contribution is 2.25. The summed E-state index contributed by atoms with van der Waals surface area (Å²) >= 11 is 7.08. The number of anilines is 1. The van der Waals surface area contributed by atoms with Crippen LogP contribution < -0.4 is 5.32 Å². The van der Waals surface area contributed by atoms with Crippen LogP contribution in [0.5, 0.6) is 0 Å². The molecular weight excluding hydrogens is 412 g/mol. The third-order valence-electron chi connectivity index (χ3n) is 3.86. The normalized spacial score (nSPS) is 10.8. The van der Waals surface area contributed by atoms with Crippen molar-refractivity contribution in [3.8, 4) is 11.4 Å². The molecule has 4 rings (SSSR count). The molecular formula is C19H15ClN6O2S. The van der Waals surface area contributed by atoms with Crippen LogP contribution in [0.1, 0.15) is 5.76 Å². The van der Waals surface area contributed by atoms with Crippen LogP contribution >= 0.6 is 23.4 Å². The van der Waals surface area contributed by atoms with Crippen molar-refractivity contribution in [3.05, 3.63) is 72.0 Å². The Bertz CT molecular complexity index is 1080. The van der Waals surface area contributed by atoms with E-state index in [-0.39, 0.29) is 11.7 Å². The van der Waals surface area contributed by atoms with Crippen molar-refractivity contribution >= 4 is 35.1 Å². The summed E-state index contributed by atoms with van der Waals surface area (Å²) in [4.78, 5) is 20.5. The third kappa shape index (κ3) is 4.82. The molecule has 0 aliphatic carbocycles. The lowest BCUT2D eigenvalue weighted by molar-refractivity contribution is -0.113. The van der Waals surface area contributed by atoms with E-state index in [0.29, 0.717) is 28.4 Å². The number of halogens is 1. The fourth-order valence-corrected chi connectivity index (χ4v) is 3.41. The van der Waals surface area contributed by atoms with Crippen molar-refractivity contribution < 1.29 is 9.21 Å². The van der Waals surface area contributed by atoms with E-state index in [1.54, 1.807) is 30.8 Å². The molecule has 10 heteroatoms. The first-order valence-corrected chi connectivity index (χ1v) is 9.95. The number of thioether (sulfide) groups is 1. The van der Waals surface area contributed by atoms with Gasteiger partial charge < -0.3 is 9.73 Å². The molecule has 0 saturated heterocycles. The Morgan fingerprint density at radius 3 is 2.83 bits per heavy atom. The lowest BCUT2D eigenvalue weighted by Crippen LogP contribution is -2.15. The van der Waals surface area contributed by atoms with Gasteiger partial charge in [-0.3, -0.25) is 14.3 Å². The summed E-state index contributed by atoms with van der Waals surface area (Å²) in [5.41, 5.74) is 0.827. The summed E-state index contributed by atoms with van der Waals surface area (Å²) in [6, 6.07) is 10.7. The lowest BCUT2D eigenvalue weighted by atomic mass is 10.2. The number of amides is 1. The van der Waals surface area contributed by atoms with E-state index in [4.69, 9.17) is 16.0 Å². The molecule has 0 aliphatic heterocycles. The maximum absolute atomic E-state index is 12.3. The van der Waals surface area contributed by atoms with E-state index in [0.717, 1.165) is 11.3 Å². The minimum Gasteiger partial charge on any atom is -0.467 e. The molecule has 0 spiro atoms. The molecule has 29 heavy (non-hydrogen) atoms. The first-order chi connectivity index (χ1) is 14.2. The Balaban J connectivity index is 1.51. The molecule has 8 nitrogen and oxygen atoms in total. The van der Waals surface area contributed by atoms with Gasteiger partial charge in [0.1, 0.15) is 11.6 Å². The maximum Gasteiger partial charge on any atom is 0.236 e. The molecule has 4 heterocycles. The van der Waals surface area contributed by atoms with Crippen molar-refractivity contribution in [1.82, 2.24) is 24.7 Å². The summed E-state index contributed by atoms with van der Waals surface area (Å²) in [5, 5.41) is 12.4. The van der Waals surface area contributed by atoms with Crippen LogP contribution in [0.25, 0.3) is 11.4 Å². The summed E-state index contributed by atoms with van der Waals surface area (Å²) in [7, 11) is 0. The molecule has 0 aromatic carbocycles. The summed E-state index contributed by atoms with van der Waals surface area (Å²) in [5.74, 6) is 1.78. The van der Waals surface area contributed by atoms with Crippen molar-refractivity contribution in [2.45, 2.75) is 11.7 Å². The highest BCUT2D eigenvalue weighted by atomic mass is 35.5. The molecule has 0 aliphatic rings. The van der Waals surface area contributed by atoms with Crippen LogP contribution in [0.15, 0.2) is 70.8 Å². The quantitative estimate of drug-likeness (QED) is 0.449. The van der Waals surface area contributed by atoms with Gasteiger partial charge in [-0.25, -0.2) is 4.98 Å². The average Bonchev–Trinajstić information content (AvgIpc) is 3.39. The Morgan fingerprint density at radius 2 is 2.10 bits per heavy atom. The number of carbonyl (C=O) groups is 1. The molecule has 4 aromatic heterocycles. The number of aromatic nitrogens is 5. The van der Waals surface area contributed by atoms with Gasteiger partial charge in [-0.05, 0) is 36.4 Å². The van der Waals surface area contributed by atoms with E-state index < -0.39 is 0 Å². The lowest BCUT2D eigenvalue weighted by Gasteiger charge is -2.09. The fourth-order valence-electron chi connectivity index (χ4n) is 2.56. The van der Waals surface area contributed by atoms with Gasteiger partial charge in [-0.1, -0.05) is 23.4 Å². The van der Waals surface area contributed by atoms with Crippen molar-refractivity contribution in [2.75, 3.05) is 11.1 Å². The zero-order chi connectivity index (χ0) is 20.1. The molecule has 1 N–H and O–H groups in total. The summed E-state index contributed by atoms with van der Waals surface area (Å²) in [6.07, 6.45) is 6.50. The van der Waals surface area contributed by atoms with E-state index in [2.05, 4.69) is 25.5 Å². The monoisotopic (exact) mass is 426 g/mol. The Hall–Kier alpha value is -3.17. The Kier molecular flexibility index (Phi) is 5.87. The molecule has 0 unspecified atom stereocenters. The van der Waals surface area contributed by atoms with Crippen LogP contribution in [0.2, 0.25) is 5.02 Å². The number of furan rings is 1. The minimum absolute atomic E-state index is 0.146. The van der Waals surface area contributed by atoms with Gasteiger partial charge in [-0.15, -0.1) is 10.2 Å². The molecule has 0 atom stereocenters. The van der Waals surface area contributed by atoms with E-state index >= 15 is 0 Å². The molecule has 0 saturated carbocycles. The molecule has 0 radical (unpaired) electrons. The van der Waals surface area contributed by atoms with Gasteiger partial charge in [0.2, 0.25) is 5.91 Å². The van der Waals surface area contributed by atoms with Crippen molar-refractivity contribution in [1.29, 1.82) is 0 Å². The van der Waals surface area contributed by atoms with Gasteiger partial charge in [0.25, 0.3) is 0 Å². The van der Waals surface area contributed by atoms with Gasteiger partial charge in [-0.2, -0.15) is 0 Å².